The van der Waals surface area contributed by atoms with Crippen LogP contribution in [0, 0.1) is 0 Å². The van der Waals surface area contributed by atoms with Crippen molar-refractivity contribution in [1.29, 1.82) is 0 Å². The van der Waals surface area contributed by atoms with E-state index in [1.165, 1.54) is 0 Å². The molecule has 0 fully saturated rings. The van der Waals surface area contributed by atoms with Crippen LogP contribution in [-0.2, 0) is 6.54 Å². The van der Waals surface area contributed by atoms with Gasteiger partial charge in [-0.15, -0.1) is 0 Å². The summed E-state index contributed by atoms with van der Waals surface area (Å²) in [5.41, 5.74) is 0.911. The van der Waals surface area contributed by atoms with E-state index in [1.807, 2.05) is 47.2 Å². The molecule has 0 spiro atoms. The maximum atomic E-state index is 9.57. The van der Waals surface area contributed by atoms with Crippen molar-refractivity contribution < 1.29 is 9.84 Å². The number of ether oxygens (including phenoxy) is 1. The Morgan fingerprint density at radius 3 is 2.67 bits per heavy atom. The molecule has 0 radical (unpaired) electrons. The second-order valence-corrected chi connectivity index (χ2v) is 5.02. The standard InChI is InChI=1S/C14H16BrNO2/c1-11(17)14-3-2-8-16(14)9-10-18-13-6-4-12(15)5-7-13/h2-8,11,17H,9-10H2,1H3. The summed E-state index contributed by atoms with van der Waals surface area (Å²) in [6.07, 6.45) is 1.50. The van der Waals surface area contributed by atoms with Crippen LogP contribution in [0.15, 0.2) is 47.1 Å². The maximum absolute atomic E-state index is 9.57. The van der Waals surface area contributed by atoms with E-state index in [4.69, 9.17) is 4.74 Å². The fraction of sp³-hybridized carbons (Fsp3) is 0.286. The SMILES string of the molecule is CC(O)c1cccn1CCOc1ccc(Br)cc1. The van der Waals surface area contributed by atoms with Crippen LogP contribution in [0.2, 0.25) is 0 Å². The van der Waals surface area contributed by atoms with Crippen LogP contribution in [0.5, 0.6) is 5.75 Å². The van der Waals surface area contributed by atoms with E-state index >= 15 is 0 Å². The second kappa shape index (κ2) is 6.07. The molecule has 0 saturated carbocycles. The summed E-state index contributed by atoms with van der Waals surface area (Å²) in [5, 5.41) is 9.57. The number of aliphatic hydroxyl groups is 1. The van der Waals surface area contributed by atoms with Gasteiger partial charge in [0.25, 0.3) is 0 Å². The molecule has 1 atom stereocenters. The van der Waals surface area contributed by atoms with Crippen molar-refractivity contribution in [1.82, 2.24) is 4.57 Å². The highest BCUT2D eigenvalue weighted by molar-refractivity contribution is 9.10. The molecule has 1 aromatic carbocycles. The van der Waals surface area contributed by atoms with Gasteiger partial charge in [0.2, 0.25) is 0 Å². The topological polar surface area (TPSA) is 34.4 Å². The molecule has 1 aromatic heterocycles. The molecule has 0 amide bonds. The van der Waals surface area contributed by atoms with E-state index in [2.05, 4.69) is 15.9 Å². The molecule has 1 heterocycles. The average Bonchev–Trinajstić information content (AvgIpc) is 2.80. The van der Waals surface area contributed by atoms with E-state index in [0.717, 1.165) is 22.5 Å². The van der Waals surface area contributed by atoms with Gasteiger partial charge in [-0.3, -0.25) is 0 Å². The predicted octanol–water partition coefficient (Wildman–Crippen LogP) is 3.38. The van der Waals surface area contributed by atoms with Gasteiger partial charge < -0.3 is 14.4 Å². The molecular formula is C14H16BrNO2. The Morgan fingerprint density at radius 2 is 2.00 bits per heavy atom. The summed E-state index contributed by atoms with van der Waals surface area (Å²) in [4.78, 5) is 0. The van der Waals surface area contributed by atoms with Gasteiger partial charge in [0.15, 0.2) is 0 Å². The lowest BCUT2D eigenvalue weighted by Crippen LogP contribution is -2.11. The Kier molecular flexibility index (Phi) is 4.44. The fourth-order valence-electron chi connectivity index (χ4n) is 1.80. The van der Waals surface area contributed by atoms with Crippen LogP contribution in [0.4, 0.5) is 0 Å². The molecule has 96 valence electrons. The summed E-state index contributed by atoms with van der Waals surface area (Å²) in [5.74, 6) is 0.851. The molecule has 4 heteroatoms. The summed E-state index contributed by atoms with van der Waals surface area (Å²) in [6, 6.07) is 11.6. The van der Waals surface area contributed by atoms with E-state index in [1.54, 1.807) is 6.92 Å². The first-order chi connectivity index (χ1) is 8.66. The maximum Gasteiger partial charge on any atom is 0.119 e. The first-order valence-electron chi connectivity index (χ1n) is 5.88. The number of benzene rings is 1. The average molecular weight is 310 g/mol. The second-order valence-electron chi connectivity index (χ2n) is 4.10. The molecule has 1 N–H and O–H groups in total. The molecule has 0 bridgehead atoms. The van der Waals surface area contributed by atoms with Gasteiger partial charge >= 0.3 is 0 Å². The van der Waals surface area contributed by atoms with Gasteiger partial charge in [-0.25, -0.2) is 0 Å². The van der Waals surface area contributed by atoms with Gasteiger partial charge in [-0.1, -0.05) is 15.9 Å². The van der Waals surface area contributed by atoms with Crippen LogP contribution in [0.3, 0.4) is 0 Å². The van der Waals surface area contributed by atoms with Crippen molar-refractivity contribution in [2.45, 2.75) is 19.6 Å². The van der Waals surface area contributed by atoms with E-state index in [-0.39, 0.29) is 0 Å². The van der Waals surface area contributed by atoms with Gasteiger partial charge in [0.1, 0.15) is 12.4 Å². The third-order valence-electron chi connectivity index (χ3n) is 2.71. The molecule has 18 heavy (non-hydrogen) atoms. The lowest BCUT2D eigenvalue weighted by Gasteiger charge is -2.12. The lowest BCUT2D eigenvalue weighted by molar-refractivity contribution is 0.186. The van der Waals surface area contributed by atoms with Crippen LogP contribution in [-0.4, -0.2) is 16.3 Å². The molecule has 0 saturated heterocycles. The number of aliphatic hydroxyl groups excluding tert-OH is 1. The van der Waals surface area contributed by atoms with Crippen LogP contribution < -0.4 is 4.74 Å². The molecular weight excluding hydrogens is 294 g/mol. The number of halogens is 1. The Labute approximate surface area is 115 Å². The highest BCUT2D eigenvalue weighted by Gasteiger charge is 2.06. The van der Waals surface area contributed by atoms with Gasteiger partial charge in [0.05, 0.1) is 12.6 Å². The zero-order valence-electron chi connectivity index (χ0n) is 10.2. The Balaban J connectivity index is 1.88. The number of nitrogens with zero attached hydrogens (tertiary/aromatic N) is 1. The highest BCUT2D eigenvalue weighted by atomic mass is 79.9. The van der Waals surface area contributed by atoms with E-state index in [9.17, 15) is 5.11 Å². The predicted molar refractivity (Wildman–Crippen MR) is 74.7 cm³/mol. The quantitative estimate of drug-likeness (QED) is 0.918. The van der Waals surface area contributed by atoms with Crippen molar-refractivity contribution in [2.24, 2.45) is 0 Å². The van der Waals surface area contributed by atoms with Crippen LogP contribution in [0.1, 0.15) is 18.7 Å². The first-order valence-corrected chi connectivity index (χ1v) is 6.67. The fourth-order valence-corrected chi connectivity index (χ4v) is 2.07. The monoisotopic (exact) mass is 309 g/mol. The van der Waals surface area contributed by atoms with Gasteiger partial charge in [-0.05, 0) is 43.3 Å². The third-order valence-corrected chi connectivity index (χ3v) is 3.24. The molecule has 2 aromatic rings. The Morgan fingerprint density at radius 1 is 1.28 bits per heavy atom. The van der Waals surface area contributed by atoms with E-state index < -0.39 is 6.10 Å². The molecule has 2 rings (SSSR count). The highest BCUT2D eigenvalue weighted by Crippen LogP contribution is 2.17. The largest absolute Gasteiger partial charge is 0.492 e. The minimum atomic E-state index is -0.451. The van der Waals surface area contributed by atoms with Crippen LogP contribution in [0.25, 0.3) is 0 Å². The van der Waals surface area contributed by atoms with Gasteiger partial charge in [-0.2, -0.15) is 0 Å². The molecule has 1 unspecified atom stereocenters. The molecule has 0 aliphatic carbocycles. The van der Waals surface area contributed by atoms with E-state index in [0.29, 0.717) is 6.61 Å². The van der Waals surface area contributed by atoms with Crippen LogP contribution >= 0.6 is 15.9 Å². The molecule has 0 aliphatic heterocycles. The zero-order chi connectivity index (χ0) is 13.0. The normalized spacial score (nSPS) is 12.4. The zero-order valence-corrected chi connectivity index (χ0v) is 11.8. The Bertz CT molecular complexity index is 491. The van der Waals surface area contributed by atoms with Gasteiger partial charge in [0, 0.05) is 16.4 Å². The summed E-state index contributed by atoms with van der Waals surface area (Å²) >= 11 is 3.38. The van der Waals surface area contributed by atoms with Crippen molar-refractivity contribution >= 4 is 15.9 Å². The number of aromatic nitrogens is 1. The molecule has 0 aliphatic rings. The van der Waals surface area contributed by atoms with Crippen molar-refractivity contribution in [3.05, 3.63) is 52.8 Å². The third kappa shape index (κ3) is 3.37. The number of rotatable bonds is 5. The summed E-state index contributed by atoms with van der Waals surface area (Å²) in [6.45, 7) is 3.07. The Hall–Kier alpha value is -1.26. The smallest absolute Gasteiger partial charge is 0.119 e. The minimum Gasteiger partial charge on any atom is -0.492 e. The number of hydrogen-bond acceptors (Lipinski definition) is 2. The molecule has 3 nitrogen and oxygen atoms in total. The summed E-state index contributed by atoms with van der Waals surface area (Å²) < 4.78 is 8.69. The summed E-state index contributed by atoms with van der Waals surface area (Å²) in [7, 11) is 0. The van der Waals surface area contributed by atoms with Crippen molar-refractivity contribution in [3.8, 4) is 5.75 Å². The first kappa shape index (κ1) is 13.2. The van der Waals surface area contributed by atoms with Crippen molar-refractivity contribution in [3.63, 3.8) is 0 Å². The van der Waals surface area contributed by atoms with Crippen molar-refractivity contribution in [2.75, 3.05) is 6.61 Å². The minimum absolute atomic E-state index is 0.451. The lowest BCUT2D eigenvalue weighted by atomic mass is 10.3. The number of hydrogen-bond donors (Lipinski definition) is 1.